The first-order valence-corrected chi connectivity index (χ1v) is 6.60. The van der Waals surface area contributed by atoms with E-state index in [1.54, 1.807) is 12.1 Å². The summed E-state index contributed by atoms with van der Waals surface area (Å²) in [6.07, 6.45) is 1.77. The van der Waals surface area contributed by atoms with E-state index >= 15 is 0 Å². The molecule has 0 saturated carbocycles. The number of halogens is 1. The second-order valence-corrected chi connectivity index (χ2v) is 5.42. The summed E-state index contributed by atoms with van der Waals surface area (Å²) in [4.78, 5) is 10.4. The van der Waals surface area contributed by atoms with E-state index in [0.29, 0.717) is 6.42 Å². The van der Waals surface area contributed by atoms with Gasteiger partial charge in [0.15, 0.2) is 0 Å². The first-order valence-electron chi connectivity index (χ1n) is 6.60. The molecule has 0 bridgehead atoms. The lowest BCUT2D eigenvalue weighted by Gasteiger charge is -2.25. The number of hydrogen-bond donors (Lipinski definition) is 2. The summed E-state index contributed by atoms with van der Waals surface area (Å²) in [6.45, 7) is 5.79. The van der Waals surface area contributed by atoms with Crippen molar-refractivity contribution in [1.82, 2.24) is 5.32 Å². The largest absolute Gasteiger partial charge is 0.481 e. The number of carboxylic acids is 1. The van der Waals surface area contributed by atoms with Gasteiger partial charge in [-0.1, -0.05) is 26.0 Å². The van der Waals surface area contributed by atoms with Crippen LogP contribution in [0.3, 0.4) is 0 Å². The van der Waals surface area contributed by atoms with Crippen molar-refractivity contribution in [3.63, 3.8) is 0 Å². The fourth-order valence-corrected chi connectivity index (χ4v) is 1.93. The molecule has 0 aromatic heterocycles. The highest BCUT2D eigenvalue weighted by atomic mass is 19.1. The summed E-state index contributed by atoms with van der Waals surface area (Å²) >= 11 is 0. The lowest BCUT2D eigenvalue weighted by Crippen LogP contribution is -2.33. The van der Waals surface area contributed by atoms with E-state index in [1.807, 2.05) is 0 Å². The Labute approximate surface area is 113 Å². The van der Waals surface area contributed by atoms with E-state index in [9.17, 15) is 9.18 Å². The maximum Gasteiger partial charge on any atom is 0.303 e. The van der Waals surface area contributed by atoms with Crippen LogP contribution in [0.4, 0.5) is 4.39 Å². The van der Waals surface area contributed by atoms with Gasteiger partial charge in [-0.15, -0.1) is 0 Å². The standard InChI is InChI=1S/C15H22FNO2/c1-15(2,12-6-8-13(16)9-7-12)11-17-10-4-3-5-14(18)19/h6-9,17H,3-5,10-11H2,1-2H3,(H,18,19). The zero-order valence-corrected chi connectivity index (χ0v) is 11.6. The van der Waals surface area contributed by atoms with E-state index in [2.05, 4.69) is 19.2 Å². The van der Waals surface area contributed by atoms with Crippen LogP contribution in [0.5, 0.6) is 0 Å². The van der Waals surface area contributed by atoms with Gasteiger partial charge in [-0.25, -0.2) is 4.39 Å². The number of benzene rings is 1. The van der Waals surface area contributed by atoms with Gasteiger partial charge < -0.3 is 10.4 Å². The Kier molecular flexibility index (Phi) is 5.96. The normalized spacial score (nSPS) is 11.5. The zero-order chi connectivity index (χ0) is 14.3. The number of nitrogens with one attached hydrogen (secondary N) is 1. The predicted molar refractivity (Wildman–Crippen MR) is 73.8 cm³/mol. The number of unbranched alkanes of at least 4 members (excludes halogenated alkanes) is 1. The third-order valence-electron chi connectivity index (χ3n) is 3.19. The van der Waals surface area contributed by atoms with Crippen LogP contribution in [0, 0.1) is 5.82 Å². The summed E-state index contributed by atoms with van der Waals surface area (Å²) in [6, 6.07) is 6.57. The molecular weight excluding hydrogens is 245 g/mol. The van der Waals surface area contributed by atoms with Crippen LogP contribution >= 0.6 is 0 Å². The van der Waals surface area contributed by atoms with Crippen LogP contribution < -0.4 is 5.32 Å². The number of hydrogen-bond acceptors (Lipinski definition) is 2. The predicted octanol–water partition coefficient (Wildman–Crippen LogP) is 2.95. The number of rotatable bonds is 8. The zero-order valence-electron chi connectivity index (χ0n) is 11.6. The Hall–Kier alpha value is -1.42. The van der Waals surface area contributed by atoms with Crippen molar-refractivity contribution in [2.75, 3.05) is 13.1 Å². The van der Waals surface area contributed by atoms with Crippen molar-refractivity contribution in [3.05, 3.63) is 35.6 Å². The Bertz CT molecular complexity index is 401. The average molecular weight is 267 g/mol. The molecule has 0 spiro atoms. The lowest BCUT2D eigenvalue weighted by molar-refractivity contribution is -0.137. The maximum absolute atomic E-state index is 12.9. The molecule has 0 unspecified atom stereocenters. The van der Waals surface area contributed by atoms with Crippen LogP contribution in [0.15, 0.2) is 24.3 Å². The van der Waals surface area contributed by atoms with E-state index < -0.39 is 5.97 Å². The van der Waals surface area contributed by atoms with Crippen molar-refractivity contribution in [2.24, 2.45) is 0 Å². The van der Waals surface area contributed by atoms with Crippen LogP contribution in [0.25, 0.3) is 0 Å². The van der Waals surface area contributed by atoms with Crippen molar-refractivity contribution < 1.29 is 14.3 Å². The molecule has 2 N–H and O–H groups in total. The van der Waals surface area contributed by atoms with Gasteiger partial charge in [-0.2, -0.15) is 0 Å². The first-order chi connectivity index (χ1) is 8.92. The Morgan fingerprint density at radius 3 is 2.47 bits per heavy atom. The molecule has 1 rings (SSSR count). The minimum atomic E-state index is -0.744. The van der Waals surface area contributed by atoms with Gasteiger partial charge in [0, 0.05) is 18.4 Å². The fourth-order valence-electron chi connectivity index (χ4n) is 1.93. The second kappa shape index (κ2) is 7.24. The van der Waals surface area contributed by atoms with Gasteiger partial charge in [-0.05, 0) is 37.1 Å². The van der Waals surface area contributed by atoms with Crippen molar-refractivity contribution >= 4 is 5.97 Å². The number of carboxylic acid groups (broad SMARTS) is 1. The third-order valence-corrected chi connectivity index (χ3v) is 3.19. The number of aliphatic carboxylic acids is 1. The molecule has 0 aliphatic rings. The molecular formula is C15H22FNO2. The van der Waals surface area contributed by atoms with Crippen molar-refractivity contribution in [1.29, 1.82) is 0 Å². The molecule has 0 saturated heterocycles. The molecule has 0 aliphatic carbocycles. The smallest absolute Gasteiger partial charge is 0.303 e. The Balaban J connectivity index is 2.31. The third kappa shape index (κ3) is 5.83. The molecule has 1 aromatic carbocycles. The Morgan fingerprint density at radius 2 is 1.89 bits per heavy atom. The molecule has 1 aromatic rings. The van der Waals surface area contributed by atoms with Gasteiger partial charge in [-0.3, -0.25) is 4.79 Å². The van der Waals surface area contributed by atoms with E-state index in [-0.39, 0.29) is 17.7 Å². The lowest BCUT2D eigenvalue weighted by atomic mass is 9.84. The van der Waals surface area contributed by atoms with E-state index in [1.165, 1.54) is 12.1 Å². The van der Waals surface area contributed by atoms with Crippen LogP contribution in [0.2, 0.25) is 0 Å². The quantitative estimate of drug-likeness (QED) is 0.712. The fraction of sp³-hybridized carbons (Fsp3) is 0.533. The van der Waals surface area contributed by atoms with E-state index in [0.717, 1.165) is 25.1 Å². The summed E-state index contributed by atoms with van der Waals surface area (Å²) < 4.78 is 12.9. The van der Waals surface area contributed by atoms with Crippen LogP contribution in [-0.2, 0) is 10.2 Å². The van der Waals surface area contributed by atoms with E-state index in [4.69, 9.17) is 5.11 Å². The Morgan fingerprint density at radius 1 is 1.26 bits per heavy atom. The van der Waals surface area contributed by atoms with Gasteiger partial charge in [0.2, 0.25) is 0 Å². The summed E-state index contributed by atoms with van der Waals surface area (Å²) in [7, 11) is 0. The van der Waals surface area contributed by atoms with Crippen LogP contribution in [0.1, 0.15) is 38.7 Å². The maximum atomic E-state index is 12.9. The highest BCUT2D eigenvalue weighted by Gasteiger charge is 2.19. The second-order valence-electron chi connectivity index (χ2n) is 5.42. The molecule has 19 heavy (non-hydrogen) atoms. The van der Waals surface area contributed by atoms with Gasteiger partial charge in [0.1, 0.15) is 5.82 Å². The molecule has 0 aliphatic heterocycles. The first kappa shape index (κ1) is 15.6. The summed E-state index contributed by atoms with van der Waals surface area (Å²) in [5.41, 5.74) is 1.02. The monoisotopic (exact) mass is 267 g/mol. The molecule has 106 valence electrons. The highest BCUT2D eigenvalue weighted by Crippen LogP contribution is 2.22. The average Bonchev–Trinajstić information content (AvgIpc) is 2.34. The SMILES string of the molecule is CC(C)(CNCCCCC(=O)O)c1ccc(F)cc1. The minimum absolute atomic E-state index is 0.0690. The molecule has 0 fully saturated rings. The van der Waals surface area contributed by atoms with Crippen LogP contribution in [-0.4, -0.2) is 24.2 Å². The van der Waals surface area contributed by atoms with Crippen molar-refractivity contribution in [3.8, 4) is 0 Å². The molecule has 0 heterocycles. The molecule has 4 heteroatoms. The summed E-state index contributed by atoms with van der Waals surface area (Å²) in [5.74, 6) is -0.965. The molecule has 0 amide bonds. The molecule has 0 radical (unpaired) electrons. The molecule has 0 atom stereocenters. The topological polar surface area (TPSA) is 49.3 Å². The van der Waals surface area contributed by atoms with Gasteiger partial charge in [0.05, 0.1) is 0 Å². The summed E-state index contributed by atoms with van der Waals surface area (Å²) in [5, 5.41) is 11.8. The number of carbonyl (C=O) groups is 1. The highest BCUT2D eigenvalue weighted by molar-refractivity contribution is 5.66. The molecule has 3 nitrogen and oxygen atoms in total. The van der Waals surface area contributed by atoms with Crippen molar-refractivity contribution in [2.45, 2.75) is 38.5 Å². The van der Waals surface area contributed by atoms with Gasteiger partial charge in [0.25, 0.3) is 0 Å². The minimum Gasteiger partial charge on any atom is -0.481 e. The van der Waals surface area contributed by atoms with Gasteiger partial charge >= 0.3 is 5.97 Å².